The maximum absolute atomic E-state index is 12.6. The number of rotatable bonds is 8. The second kappa shape index (κ2) is 8.71. The molecule has 164 valence electrons. The number of imide groups is 1. The standard InChI is InChI=1S/C21H18N4O6S/c1-2-31-12-8-9-14-16(11-12)32-21(22-14)23-17(26)7-4-10-24-19(27)13-5-3-6-15(25(29)30)18(13)20(24)28/h3,5-6,8-9,11H,2,4,7,10H2,1H3,(H,22,23,26). The average Bonchev–Trinajstić information content (AvgIpc) is 3.26. The summed E-state index contributed by atoms with van der Waals surface area (Å²) in [6.45, 7) is 2.43. The number of nitrogens with zero attached hydrogens (tertiary/aromatic N) is 3. The third kappa shape index (κ3) is 4.02. The van der Waals surface area contributed by atoms with Gasteiger partial charge in [-0.15, -0.1) is 0 Å². The van der Waals surface area contributed by atoms with Crippen molar-refractivity contribution in [3.8, 4) is 5.75 Å². The number of amides is 3. The van der Waals surface area contributed by atoms with Gasteiger partial charge in [-0.05, 0) is 37.6 Å². The first kappa shape index (κ1) is 21.4. The van der Waals surface area contributed by atoms with E-state index in [1.807, 2.05) is 25.1 Å². The number of thiazole rings is 1. The smallest absolute Gasteiger partial charge is 0.282 e. The lowest BCUT2D eigenvalue weighted by molar-refractivity contribution is -0.385. The van der Waals surface area contributed by atoms with E-state index < -0.39 is 22.4 Å². The number of carbonyl (C=O) groups is 3. The second-order valence-electron chi connectivity index (χ2n) is 6.95. The Morgan fingerprint density at radius 1 is 1.25 bits per heavy atom. The van der Waals surface area contributed by atoms with Crippen LogP contribution in [0.25, 0.3) is 10.2 Å². The van der Waals surface area contributed by atoms with Gasteiger partial charge >= 0.3 is 0 Å². The molecule has 0 fully saturated rings. The van der Waals surface area contributed by atoms with Crippen molar-refractivity contribution in [3.05, 3.63) is 57.6 Å². The number of aromatic nitrogens is 1. The molecule has 1 N–H and O–H groups in total. The van der Waals surface area contributed by atoms with Crippen LogP contribution in [0.1, 0.15) is 40.5 Å². The van der Waals surface area contributed by atoms with Crippen molar-refractivity contribution in [1.29, 1.82) is 0 Å². The minimum absolute atomic E-state index is 0.00884. The minimum Gasteiger partial charge on any atom is -0.494 e. The Balaban J connectivity index is 1.36. The van der Waals surface area contributed by atoms with E-state index >= 15 is 0 Å². The monoisotopic (exact) mass is 454 g/mol. The average molecular weight is 454 g/mol. The van der Waals surface area contributed by atoms with Crippen molar-refractivity contribution in [2.45, 2.75) is 19.8 Å². The normalized spacial score (nSPS) is 12.8. The topological polar surface area (TPSA) is 132 Å². The zero-order valence-electron chi connectivity index (χ0n) is 17.0. The van der Waals surface area contributed by atoms with Crippen molar-refractivity contribution in [1.82, 2.24) is 9.88 Å². The zero-order chi connectivity index (χ0) is 22.8. The first-order chi connectivity index (χ1) is 15.4. The molecule has 3 aromatic rings. The zero-order valence-corrected chi connectivity index (χ0v) is 17.8. The number of hydrogen-bond donors (Lipinski definition) is 1. The predicted molar refractivity (Wildman–Crippen MR) is 117 cm³/mol. The van der Waals surface area contributed by atoms with Crippen molar-refractivity contribution < 1.29 is 24.0 Å². The summed E-state index contributed by atoms with van der Waals surface area (Å²) in [6, 6.07) is 9.43. The number of hydrogen-bond acceptors (Lipinski definition) is 8. The number of benzene rings is 2. The van der Waals surface area contributed by atoms with Gasteiger partial charge in [0.05, 0.1) is 27.3 Å². The second-order valence-corrected chi connectivity index (χ2v) is 7.98. The van der Waals surface area contributed by atoms with Gasteiger partial charge in [-0.3, -0.25) is 29.4 Å². The van der Waals surface area contributed by atoms with Gasteiger partial charge in [0.15, 0.2) is 5.13 Å². The summed E-state index contributed by atoms with van der Waals surface area (Å²) in [4.78, 5) is 53.1. The van der Waals surface area contributed by atoms with E-state index in [2.05, 4.69) is 10.3 Å². The lowest BCUT2D eigenvalue weighted by Gasteiger charge is -2.13. The SMILES string of the molecule is CCOc1ccc2nc(NC(=O)CCCN3C(=O)c4cccc([N+](=O)[O-])c4C3=O)sc2c1. The van der Waals surface area contributed by atoms with E-state index in [1.54, 1.807) is 0 Å². The molecule has 2 heterocycles. The van der Waals surface area contributed by atoms with Gasteiger partial charge < -0.3 is 10.1 Å². The van der Waals surface area contributed by atoms with E-state index in [1.165, 1.54) is 29.5 Å². The fourth-order valence-electron chi connectivity index (χ4n) is 3.47. The third-order valence-electron chi connectivity index (χ3n) is 4.88. The van der Waals surface area contributed by atoms with Crippen molar-refractivity contribution >= 4 is 50.1 Å². The van der Waals surface area contributed by atoms with Crippen LogP contribution in [0, 0.1) is 10.1 Å². The van der Waals surface area contributed by atoms with E-state index in [0.717, 1.165) is 20.9 Å². The Kier molecular flexibility index (Phi) is 5.82. The fraction of sp³-hybridized carbons (Fsp3) is 0.238. The van der Waals surface area contributed by atoms with Gasteiger partial charge in [0, 0.05) is 19.0 Å². The van der Waals surface area contributed by atoms with Crippen LogP contribution in [-0.2, 0) is 4.79 Å². The van der Waals surface area contributed by atoms with Crippen LogP contribution in [0.5, 0.6) is 5.75 Å². The Hall–Kier alpha value is -3.86. The Morgan fingerprint density at radius 2 is 2.06 bits per heavy atom. The molecule has 1 aromatic heterocycles. The Bertz CT molecular complexity index is 1250. The van der Waals surface area contributed by atoms with Crippen molar-refractivity contribution in [2.24, 2.45) is 0 Å². The molecule has 3 amide bonds. The first-order valence-electron chi connectivity index (χ1n) is 9.86. The molecule has 32 heavy (non-hydrogen) atoms. The van der Waals surface area contributed by atoms with Crippen LogP contribution in [0.3, 0.4) is 0 Å². The molecule has 0 radical (unpaired) electrons. The molecular weight excluding hydrogens is 436 g/mol. The molecule has 0 bridgehead atoms. The number of ether oxygens (including phenoxy) is 1. The number of nitro benzene ring substituents is 1. The van der Waals surface area contributed by atoms with Gasteiger partial charge in [-0.25, -0.2) is 4.98 Å². The van der Waals surface area contributed by atoms with E-state index in [0.29, 0.717) is 11.7 Å². The van der Waals surface area contributed by atoms with Crippen molar-refractivity contribution in [2.75, 3.05) is 18.5 Å². The molecule has 11 heteroatoms. The number of nitro groups is 1. The number of carbonyl (C=O) groups excluding carboxylic acids is 3. The lowest BCUT2D eigenvalue weighted by atomic mass is 10.1. The molecule has 1 aliphatic rings. The summed E-state index contributed by atoms with van der Waals surface area (Å²) < 4.78 is 6.34. The largest absolute Gasteiger partial charge is 0.494 e. The van der Waals surface area contributed by atoms with Gasteiger partial charge in [-0.1, -0.05) is 17.4 Å². The molecule has 10 nitrogen and oxygen atoms in total. The van der Waals surface area contributed by atoms with E-state index in [-0.39, 0.29) is 36.4 Å². The Labute approximate surface area is 186 Å². The third-order valence-corrected chi connectivity index (χ3v) is 5.81. The van der Waals surface area contributed by atoms with Crippen molar-refractivity contribution in [3.63, 3.8) is 0 Å². The predicted octanol–water partition coefficient (Wildman–Crippen LogP) is 3.62. The van der Waals surface area contributed by atoms with Gasteiger partial charge in [0.2, 0.25) is 5.91 Å². The molecule has 1 aliphatic heterocycles. The van der Waals surface area contributed by atoms with E-state index in [4.69, 9.17) is 4.74 Å². The van der Waals surface area contributed by atoms with Crippen LogP contribution in [0.15, 0.2) is 36.4 Å². The Morgan fingerprint density at radius 3 is 2.81 bits per heavy atom. The molecular formula is C21H18N4O6S. The summed E-state index contributed by atoms with van der Waals surface area (Å²) in [5.41, 5.74) is 0.146. The van der Waals surface area contributed by atoms with Gasteiger partial charge in [-0.2, -0.15) is 0 Å². The number of fused-ring (bicyclic) bond motifs is 2. The van der Waals surface area contributed by atoms with Crippen LogP contribution in [-0.4, -0.2) is 45.7 Å². The maximum atomic E-state index is 12.6. The molecule has 0 aliphatic carbocycles. The maximum Gasteiger partial charge on any atom is 0.282 e. The van der Waals surface area contributed by atoms with Crippen LogP contribution in [0.2, 0.25) is 0 Å². The quantitative estimate of drug-likeness (QED) is 0.312. The molecule has 0 unspecified atom stereocenters. The number of nitrogens with one attached hydrogen (secondary N) is 1. The molecule has 0 spiro atoms. The molecule has 0 saturated heterocycles. The van der Waals surface area contributed by atoms with Gasteiger partial charge in [0.1, 0.15) is 11.3 Å². The molecule has 2 aromatic carbocycles. The number of anilines is 1. The molecule has 0 saturated carbocycles. The summed E-state index contributed by atoms with van der Waals surface area (Å²) in [5, 5.41) is 14.3. The van der Waals surface area contributed by atoms with Crippen LogP contribution >= 0.6 is 11.3 Å². The molecule has 0 atom stereocenters. The first-order valence-corrected chi connectivity index (χ1v) is 10.7. The highest BCUT2D eigenvalue weighted by Gasteiger charge is 2.40. The molecule has 4 rings (SSSR count). The van der Waals surface area contributed by atoms with Crippen LogP contribution in [0.4, 0.5) is 10.8 Å². The highest BCUT2D eigenvalue weighted by molar-refractivity contribution is 7.22. The van der Waals surface area contributed by atoms with E-state index in [9.17, 15) is 24.5 Å². The fourth-order valence-corrected chi connectivity index (χ4v) is 4.38. The lowest BCUT2D eigenvalue weighted by Crippen LogP contribution is -2.31. The summed E-state index contributed by atoms with van der Waals surface area (Å²) in [5.74, 6) is -0.890. The van der Waals surface area contributed by atoms with Gasteiger partial charge in [0.25, 0.3) is 17.5 Å². The summed E-state index contributed by atoms with van der Waals surface area (Å²) >= 11 is 1.32. The van der Waals surface area contributed by atoms with Crippen LogP contribution < -0.4 is 10.1 Å². The highest BCUT2D eigenvalue weighted by Crippen LogP contribution is 2.31. The highest BCUT2D eigenvalue weighted by atomic mass is 32.1. The summed E-state index contributed by atoms with van der Waals surface area (Å²) in [7, 11) is 0. The minimum atomic E-state index is -0.714. The summed E-state index contributed by atoms with van der Waals surface area (Å²) in [6.07, 6.45) is 0.264.